The first-order chi connectivity index (χ1) is 7.59. The Labute approximate surface area is 96.4 Å². The van der Waals surface area contributed by atoms with Crippen molar-refractivity contribution in [1.82, 2.24) is 16.0 Å². The van der Waals surface area contributed by atoms with E-state index >= 15 is 0 Å². The van der Waals surface area contributed by atoms with Gasteiger partial charge in [-0.25, -0.2) is 0 Å². The molecule has 2 atom stereocenters. The van der Waals surface area contributed by atoms with Crippen LogP contribution in [0.3, 0.4) is 0 Å². The molecular formula is C11H21N3O2. The molecule has 0 aromatic heterocycles. The topological polar surface area (TPSA) is 70.2 Å². The lowest BCUT2D eigenvalue weighted by molar-refractivity contribution is -0.125. The van der Waals surface area contributed by atoms with Crippen LogP contribution in [-0.2, 0) is 9.59 Å². The van der Waals surface area contributed by atoms with E-state index in [1.807, 2.05) is 6.92 Å². The number of hydrogen-bond acceptors (Lipinski definition) is 3. The lowest BCUT2D eigenvalue weighted by Crippen LogP contribution is -2.47. The predicted octanol–water partition coefficient (Wildman–Crippen LogP) is -0.373. The fourth-order valence-corrected chi connectivity index (χ4v) is 1.93. The van der Waals surface area contributed by atoms with Crippen molar-refractivity contribution in [3.63, 3.8) is 0 Å². The molecule has 0 spiro atoms. The van der Waals surface area contributed by atoms with Crippen molar-refractivity contribution < 1.29 is 9.59 Å². The molecule has 16 heavy (non-hydrogen) atoms. The van der Waals surface area contributed by atoms with Crippen LogP contribution in [0.25, 0.3) is 0 Å². The number of hydrogen-bond donors (Lipinski definition) is 3. The predicted molar refractivity (Wildman–Crippen MR) is 61.9 cm³/mol. The molecule has 2 amide bonds. The lowest BCUT2D eigenvalue weighted by Gasteiger charge is -2.28. The van der Waals surface area contributed by atoms with E-state index in [0.717, 1.165) is 25.9 Å². The Balaban J connectivity index is 2.23. The van der Waals surface area contributed by atoms with Gasteiger partial charge in [0.2, 0.25) is 11.8 Å². The lowest BCUT2D eigenvalue weighted by atomic mass is 9.93. The van der Waals surface area contributed by atoms with E-state index in [0.29, 0.717) is 5.92 Å². The minimum Gasteiger partial charge on any atom is -0.352 e. The molecule has 0 aliphatic carbocycles. The average Bonchev–Trinajstić information content (AvgIpc) is 2.27. The van der Waals surface area contributed by atoms with Gasteiger partial charge < -0.3 is 16.0 Å². The summed E-state index contributed by atoms with van der Waals surface area (Å²) in [6, 6.07) is 0.161. The number of carbonyl (C=O) groups is 2. The fourth-order valence-electron chi connectivity index (χ4n) is 1.93. The summed E-state index contributed by atoms with van der Waals surface area (Å²) in [5.41, 5.74) is 0. The molecule has 1 rings (SSSR count). The normalized spacial score (nSPS) is 22.2. The molecule has 0 aromatic carbocycles. The van der Waals surface area contributed by atoms with E-state index < -0.39 is 0 Å². The Morgan fingerprint density at radius 1 is 1.50 bits per heavy atom. The standard InChI is InChI=1S/C11H21N3O2/c1-8(10-4-3-5-12-6-10)14-11(16)7-13-9(2)15/h8,10,12H,3-7H2,1-2H3,(H,13,15)(H,14,16). The number of piperidine rings is 1. The van der Waals surface area contributed by atoms with Crippen molar-refractivity contribution in [2.24, 2.45) is 5.92 Å². The maximum atomic E-state index is 11.5. The van der Waals surface area contributed by atoms with Crippen LogP contribution in [0.15, 0.2) is 0 Å². The molecule has 2 unspecified atom stereocenters. The second-order valence-electron chi connectivity index (χ2n) is 4.37. The van der Waals surface area contributed by atoms with Crippen LogP contribution in [0.4, 0.5) is 0 Å². The molecule has 5 heteroatoms. The molecule has 3 N–H and O–H groups in total. The van der Waals surface area contributed by atoms with E-state index in [1.165, 1.54) is 6.92 Å². The average molecular weight is 227 g/mol. The fraction of sp³-hybridized carbons (Fsp3) is 0.818. The largest absolute Gasteiger partial charge is 0.352 e. The first-order valence-electron chi connectivity index (χ1n) is 5.84. The van der Waals surface area contributed by atoms with Gasteiger partial charge in [-0.15, -0.1) is 0 Å². The van der Waals surface area contributed by atoms with Gasteiger partial charge in [0.15, 0.2) is 0 Å². The number of amides is 2. The maximum Gasteiger partial charge on any atom is 0.239 e. The smallest absolute Gasteiger partial charge is 0.239 e. The van der Waals surface area contributed by atoms with Gasteiger partial charge in [-0.05, 0) is 38.8 Å². The Morgan fingerprint density at radius 3 is 2.81 bits per heavy atom. The summed E-state index contributed by atoms with van der Waals surface area (Å²) in [4.78, 5) is 22.1. The third kappa shape index (κ3) is 4.61. The van der Waals surface area contributed by atoms with Crippen LogP contribution in [0.1, 0.15) is 26.7 Å². The van der Waals surface area contributed by atoms with Gasteiger partial charge in [0.05, 0.1) is 6.54 Å². The minimum atomic E-state index is -0.179. The van der Waals surface area contributed by atoms with E-state index in [2.05, 4.69) is 16.0 Å². The number of rotatable bonds is 4. The van der Waals surface area contributed by atoms with Crippen molar-refractivity contribution in [1.29, 1.82) is 0 Å². The maximum absolute atomic E-state index is 11.5. The summed E-state index contributed by atoms with van der Waals surface area (Å²) >= 11 is 0. The molecule has 1 aliphatic rings. The van der Waals surface area contributed by atoms with Gasteiger partial charge in [-0.1, -0.05) is 0 Å². The monoisotopic (exact) mass is 227 g/mol. The minimum absolute atomic E-state index is 0.0693. The molecule has 0 bridgehead atoms. The summed E-state index contributed by atoms with van der Waals surface area (Å²) in [5, 5.41) is 8.72. The van der Waals surface area contributed by atoms with Crippen molar-refractivity contribution in [2.75, 3.05) is 19.6 Å². The second kappa shape index (κ2) is 6.48. The highest BCUT2D eigenvalue weighted by molar-refractivity contribution is 5.83. The van der Waals surface area contributed by atoms with Crippen LogP contribution in [0, 0.1) is 5.92 Å². The van der Waals surface area contributed by atoms with E-state index in [9.17, 15) is 9.59 Å². The Hall–Kier alpha value is -1.10. The van der Waals surface area contributed by atoms with E-state index in [4.69, 9.17) is 0 Å². The van der Waals surface area contributed by atoms with Crippen LogP contribution in [0.2, 0.25) is 0 Å². The molecule has 1 heterocycles. The molecule has 0 aromatic rings. The first kappa shape index (κ1) is 13.0. The number of nitrogens with one attached hydrogen (secondary N) is 3. The zero-order chi connectivity index (χ0) is 12.0. The molecule has 0 radical (unpaired) electrons. The highest BCUT2D eigenvalue weighted by Gasteiger charge is 2.20. The van der Waals surface area contributed by atoms with Crippen molar-refractivity contribution >= 4 is 11.8 Å². The van der Waals surface area contributed by atoms with Gasteiger partial charge in [0, 0.05) is 13.0 Å². The quantitative estimate of drug-likeness (QED) is 0.613. The SMILES string of the molecule is CC(=O)NCC(=O)NC(C)C1CCCNC1. The van der Waals surface area contributed by atoms with Crippen LogP contribution >= 0.6 is 0 Å². The summed E-state index contributed by atoms with van der Waals surface area (Å²) in [6.07, 6.45) is 2.31. The van der Waals surface area contributed by atoms with Crippen molar-refractivity contribution in [3.8, 4) is 0 Å². The Morgan fingerprint density at radius 2 is 2.25 bits per heavy atom. The van der Waals surface area contributed by atoms with E-state index in [-0.39, 0.29) is 24.4 Å². The zero-order valence-corrected chi connectivity index (χ0v) is 10.0. The van der Waals surface area contributed by atoms with Gasteiger partial charge >= 0.3 is 0 Å². The van der Waals surface area contributed by atoms with Gasteiger partial charge in [-0.2, -0.15) is 0 Å². The van der Waals surface area contributed by atoms with Crippen molar-refractivity contribution in [3.05, 3.63) is 0 Å². The molecule has 92 valence electrons. The van der Waals surface area contributed by atoms with Crippen LogP contribution in [0.5, 0.6) is 0 Å². The summed E-state index contributed by atoms with van der Waals surface area (Å²) in [5.74, 6) is 0.199. The van der Waals surface area contributed by atoms with Crippen LogP contribution < -0.4 is 16.0 Å². The highest BCUT2D eigenvalue weighted by Crippen LogP contribution is 2.13. The third-order valence-electron chi connectivity index (χ3n) is 2.93. The molecular weight excluding hydrogens is 206 g/mol. The summed E-state index contributed by atoms with van der Waals surface area (Å²) in [7, 11) is 0. The van der Waals surface area contributed by atoms with Gasteiger partial charge in [0.1, 0.15) is 0 Å². The third-order valence-corrected chi connectivity index (χ3v) is 2.93. The second-order valence-corrected chi connectivity index (χ2v) is 4.37. The van der Waals surface area contributed by atoms with Crippen molar-refractivity contribution in [2.45, 2.75) is 32.7 Å². The molecule has 1 fully saturated rings. The molecule has 1 aliphatic heterocycles. The summed E-state index contributed by atoms with van der Waals surface area (Å²) in [6.45, 7) is 5.52. The van der Waals surface area contributed by atoms with Crippen LogP contribution in [-0.4, -0.2) is 37.5 Å². The Kier molecular flexibility index (Phi) is 5.25. The highest BCUT2D eigenvalue weighted by atomic mass is 16.2. The van der Waals surface area contributed by atoms with E-state index in [1.54, 1.807) is 0 Å². The zero-order valence-electron chi connectivity index (χ0n) is 10.0. The number of carbonyl (C=O) groups excluding carboxylic acids is 2. The van der Waals surface area contributed by atoms with Gasteiger partial charge in [0.25, 0.3) is 0 Å². The Bertz CT molecular complexity index is 250. The van der Waals surface area contributed by atoms with Gasteiger partial charge in [-0.3, -0.25) is 9.59 Å². The molecule has 0 saturated carbocycles. The molecule has 1 saturated heterocycles. The molecule has 5 nitrogen and oxygen atoms in total. The summed E-state index contributed by atoms with van der Waals surface area (Å²) < 4.78 is 0. The first-order valence-corrected chi connectivity index (χ1v) is 5.84.